The molecule has 1 aromatic heterocycles. The van der Waals surface area contributed by atoms with Crippen molar-refractivity contribution in [3.8, 4) is 17.0 Å². The lowest BCUT2D eigenvalue weighted by Gasteiger charge is -2.08. The first-order chi connectivity index (χ1) is 8.13. The molecule has 4 heteroatoms. The van der Waals surface area contributed by atoms with Crippen LogP contribution in [-0.4, -0.2) is 12.1 Å². The predicted octanol–water partition coefficient (Wildman–Crippen LogP) is 4.37. The van der Waals surface area contributed by atoms with Crippen molar-refractivity contribution in [2.45, 2.75) is 6.92 Å². The van der Waals surface area contributed by atoms with Crippen molar-refractivity contribution in [1.82, 2.24) is 4.98 Å². The monoisotopic (exact) mass is 267 g/mol. The molecule has 2 nitrogen and oxygen atoms in total. The van der Waals surface area contributed by atoms with Gasteiger partial charge in [0.05, 0.1) is 22.8 Å². The van der Waals surface area contributed by atoms with Crippen LogP contribution in [0.15, 0.2) is 30.5 Å². The Morgan fingerprint density at radius 1 is 1.24 bits per heavy atom. The minimum Gasteiger partial charge on any atom is -0.496 e. The van der Waals surface area contributed by atoms with Crippen molar-refractivity contribution in [2.24, 2.45) is 0 Å². The normalized spacial score (nSPS) is 10.4. The van der Waals surface area contributed by atoms with Gasteiger partial charge in [-0.05, 0) is 13.0 Å². The van der Waals surface area contributed by atoms with E-state index in [-0.39, 0.29) is 0 Å². The van der Waals surface area contributed by atoms with E-state index in [9.17, 15) is 0 Å². The van der Waals surface area contributed by atoms with Crippen LogP contribution in [0.3, 0.4) is 0 Å². The smallest absolute Gasteiger partial charge is 0.125 e. The van der Waals surface area contributed by atoms with Crippen LogP contribution < -0.4 is 4.74 Å². The number of nitrogens with zero attached hydrogens (tertiary/aromatic N) is 1. The molecule has 1 aromatic carbocycles. The fourth-order valence-electron chi connectivity index (χ4n) is 1.57. The molecule has 88 valence electrons. The van der Waals surface area contributed by atoms with E-state index in [2.05, 4.69) is 4.98 Å². The zero-order valence-electron chi connectivity index (χ0n) is 9.50. The molecule has 0 radical (unpaired) electrons. The Labute approximate surface area is 110 Å². The SMILES string of the molecule is COc1cc(-c2cccc(Cl)c2Cl)ncc1C. The number of pyridine rings is 1. The number of ether oxygens (including phenoxy) is 1. The molecule has 0 aliphatic heterocycles. The first-order valence-electron chi connectivity index (χ1n) is 5.08. The van der Waals surface area contributed by atoms with E-state index in [1.54, 1.807) is 19.4 Å². The van der Waals surface area contributed by atoms with Gasteiger partial charge in [0.15, 0.2) is 0 Å². The second kappa shape index (κ2) is 4.94. The van der Waals surface area contributed by atoms with Gasteiger partial charge in [-0.1, -0.05) is 35.3 Å². The number of aromatic nitrogens is 1. The number of halogens is 2. The van der Waals surface area contributed by atoms with Crippen LogP contribution in [0, 0.1) is 6.92 Å². The maximum Gasteiger partial charge on any atom is 0.125 e. The molecular weight excluding hydrogens is 257 g/mol. The molecule has 0 unspecified atom stereocenters. The van der Waals surface area contributed by atoms with Gasteiger partial charge in [0.1, 0.15) is 5.75 Å². The summed E-state index contributed by atoms with van der Waals surface area (Å²) in [5, 5.41) is 1.03. The van der Waals surface area contributed by atoms with E-state index >= 15 is 0 Å². The van der Waals surface area contributed by atoms with Crippen LogP contribution in [0.2, 0.25) is 10.0 Å². The summed E-state index contributed by atoms with van der Waals surface area (Å²) in [5.41, 5.74) is 2.53. The lowest BCUT2D eigenvalue weighted by molar-refractivity contribution is 0.411. The van der Waals surface area contributed by atoms with Crippen LogP contribution >= 0.6 is 23.2 Å². The van der Waals surface area contributed by atoms with Crippen LogP contribution in [0.1, 0.15) is 5.56 Å². The topological polar surface area (TPSA) is 22.1 Å². The van der Waals surface area contributed by atoms with Gasteiger partial charge in [0.25, 0.3) is 0 Å². The highest BCUT2D eigenvalue weighted by Gasteiger charge is 2.09. The van der Waals surface area contributed by atoms with Gasteiger partial charge in [-0.25, -0.2) is 0 Å². The van der Waals surface area contributed by atoms with Gasteiger partial charge >= 0.3 is 0 Å². The maximum atomic E-state index is 6.15. The molecule has 2 rings (SSSR count). The van der Waals surface area contributed by atoms with Crippen molar-refractivity contribution >= 4 is 23.2 Å². The summed E-state index contributed by atoms with van der Waals surface area (Å²) >= 11 is 12.1. The van der Waals surface area contributed by atoms with Crippen LogP contribution in [0.5, 0.6) is 5.75 Å². The van der Waals surface area contributed by atoms with E-state index in [1.165, 1.54) is 0 Å². The van der Waals surface area contributed by atoms with E-state index in [4.69, 9.17) is 27.9 Å². The number of rotatable bonds is 2. The third-order valence-corrected chi connectivity index (χ3v) is 3.32. The summed E-state index contributed by atoms with van der Waals surface area (Å²) in [6.45, 7) is 1.94. The third kappa shape index (κ3) is 2.38. The van der Waals surface area contributed by atoms with Crippen molar-refractivity contribution in [3.63, 3.8) is 0 Å². The molecule has 0 N–H and O–H groups in total. The molecule has 0 bridgehead atoms. The van der Waals surface area contributed by atoms with Crippen molar-refractivity contribution in [3.05, 3.63) is 46.1 Å². The largest absolute Gasteiger partial charge is 0.496 e. The minimum absolute atomic E-state index is 0.507. The highest BCUT2D eigenvalue weighted by molar-refractivity contribution is 6.43. The molecule has 0 atom stereocenters. The van der Waals surface area contributed by atoms with E-state index in [0.29, 0.717) is 10.0 Å². The van der Waals surface area contributed by atoms with Crippen molar-refractivity contribution in [1.29, 1.82) is 0 Å². The Hall–Kier alpha value is -1.25. The fourth-order valence-corrected chi connectivity index (χ4v) is 1.97. The zero-order chi connectivity index (χ0) is 12.4. The van der Waals surface area contributed by atoms with Gasteiger partial charge in [-0.15, -0.1) is 0 Å². The summed E-state index contributed by atoms with van der Waals surface area (Å²) in [6, 6.07) is 7.33. The summed E-state index contributed by atoms with van der Waals surface area (Å²) < 4.78 is 5.26. The highest BCUT2D eigenvalue weighted by Crippen LogP contribution is 2.34. The number of hydrogen-bond donors (Lipinski definition) is 0. The average molecular weight is 268 g/mol. The molecule has 0 saturated carbocycles. The standard InChI is InChI=1S/C13H11Cl2NO/c1-8-7-16-11(6-12(8)17-2)9-4-3-5-10(14)13(9)15/h3-7H,1-2H3. The molecule has 0 fully saturated rings. The second-order valence-electron chi connectivity index (χ2n) is 3.64. The number of aryl methyl sites for hydroxylation is 1. The lowest BCUT2D eigenvalue weighted by Crippen LogP contribution is -1.91. The van der Waals surface area contributed by atoms with Crippen LogP contribution in [0.4, 0.5) is 0 Å². The molecular formula is C13H11Cl2NO. The molecule has 1 heterocycles. The predicted molar refractivity (Wildman–Crippen MR) is 71.0 cm³/mol. The molecule has 0 saturated heterocycles. The van der Waals surface area contributed by atoms with Gasteiger partial charge in [0.2, 0.25) is 0 Å². The molecule has 2 aromatic rings. The molecule has 0 aliphatic carbocycles. The Morgan fingerprint density at radius 2 is 2.00 bits per heavy atom. The molecule has 17 heavy (non-hydrogen) atoms. The second-order valence-corrected chi connectivity index (χ2v) is 4.43. The van der Waals surface area contributed by atoms with Gasteiger partial charge in [-0.3, -0.25) is 4.98 Å². The maximum absolute atomic E-state index is 6.15. The lowest BCUT2D eigenvalue weighted by atomic mass is 10.1. The fraction of sp³-hybridized carbons (Fsp3) is 0.154. The first kappa shape index (κ1) is 12.2. The van der Waals surface area contributed by atoms with E-state index < -0.39 is 0 Å². The summed E-state index contributed by atoms with van der Waals surface area (Å²) in [7, 11) is 1.63. The first-order valence-corrected chi connectivity index (χ1v) is 5.84. The van der Waals surface area contributed by atoms with E-state index in [0.717, 1.165) is 22.6 Å². The minimum atomic E-state index is 0.507. The Bertz CT molecular complexity index is 555. The third-order valence-electron chi connectivity index (χ3n) is 2.50. The summed E-state index contributed by atoms with van der Waals surface area (Å²) in [4.78, 5) is 4.34. The van der Waals surface area contributed by atoms with Crippen molar-refractivity contribution < 1.29 is 4.74 Å². The van der Waals surface area contributed by atoms with Crippen LogP contribution in [0.25, 0.3) is 11.3 Å². The van der Waals surface area contributed by atoms with Crippen LogP contribution in [-0.2, 0) is 0 Å². The zero-order valence-corrected chi connectivity index (χ0v) is 11.0. The van der Waals surface area contributed by atoms with Crippen molar-refractivity contribution in [2.75, 3.05) is 7.11 Å². The number of hydrogen-bond acceptors (Lipinski definition) is 2. The number of benzene rings is 1. The van der Waals surface area contributed by atoms with Gasteiger partial charge in [-0.2, -0.15) is 0 Å². The molecule has 0 aliphatic rings. The number of methoxy groups -OCH3 is 1. The van der Waals surface area contributed by atoms with E-state index in [1.807, 2.05) is 25.1 Å². The average Bonchev–Trinajstić information content (AvgIpc) is 2.34. The Kier molecular flexibility index (Phi) is 3.55. The highest BCUT2D eigenvalue weighted by atomic mass is 35.5. The quantitative estimate of drug-likeness (QED) is 0.806. The molecule has 0 spiro atoms. The Morgan fingerprint density at radius 3 is 2.71 bits per heavy atom. The summed E-state index contributed by atoms with van der Waals surface area (Å²) in [5.74, 6) is 0.783. The molecule has 0 amide bonds. The summed E-state index contributed by atoms with van der Waals surface area (Å²) in [6.07, 6.45) is 1.76. The Balaban J connectivity index is 2.57. The van der Waals surface area contributed by atoms with Gasteiger partial charge < -0.3 is 4.74 Å². The van der Waals surface area contributed by atoms with Gasteiger partial charge in [0, 0.05) is 23.4 Å².